The van der Waals surface area contributed by atoms with Crippen LogP contribution in [0.5, 0.6) is 0 Å². The average Bonchev–Trinajstić information content (AvgIpc) is 2.75. The Morgan fingerprint density at radius 3 is 1.94 bits per heavy atom. The van der Waals surface area contributed by atoms with Crippen molar-refractivity contribution >= 4 is 29.2 Å². The molecule has 6 nitrogen and oxygen atoms in total. The number of rotatable bonds is 3. The van der Waals surface area contributed by atoms with Crippen molar-refractivity contribution in [1.29, 1.82) is 0 Å². The fourth-order valence-corrected chi connectivity index (χ4v) is 5.33. The molecule has 4 N–H and O–H groups in total. The van der Waals surface area contributed by atoms with Crippen molar-refractivity contribution in [3.63, 3.8) is 0 Å². The lowest BCUT2D eigenvalue weighted by Crippen LogP contribution is -2.65. The molecule has 4 atom stereocenters. The molecule has 31 heavy (non-hydrogen) atoms. The highest BCUT2D eigenvalue weighted by Gasteiger charge is 2.69. The molecule has 0 saturated heterocycles. The first-order valence-electron chi connectivity index (χ1n) is 9.73. The van der Waals surface area contributed by atoms with Crippen LogP contribution in [0.4, 0.5) is 5.69 Å². The van der Waals surface area contributed by atoms with Gasteiger partial charge in [-0.1, -0.05) is 60.1 Å². The number of halogens is 1. The molecule has 0 radical (unpaired) electrons. The van der Waals surface area contributed by atoms with Gasteiger partial charge in [0.2, 0.25) is 5.91 Å². The minimum absolute atomic E-state index is 0.192. The number of para-hydroxylation sites is 1. The number of fused-ring (bicyclic) bond motifs is 1. The second-order valence-corrected chi connectivity index (χ2v) is 8.35. The fraction of sp³-hybridized carbons (Fsp3) is 0.167. The van der Waals surface area contributed by atoms with Crippen molar-refractivity contribution in [2.45, 2.75) is 11.2 Å². The SMILES string of the molecule is O=C(O)C1C(C(=O)Nc2ccccc2)C2(O)c3ccccc3C1(O)c1cc(Cl)ccc12. The van der Waals surface area contributed by atoms with Gasteiger partial charge in [-0.15, -0.1) is 0 Å². The highest BCUT2D eigenvalue weighted by atomic mass is 35.5. The van der Waals surface area contributed by atoms with E-state index in [1.807, 2.05) is 0 Å². The maximum absolute atomic E-state index is 13.4. The van der Waals surface area contributed by atoms with Gasteiger partial charge in [-0.2, -0.15) is 0 Å². The minimum Gasteiger partial charge on any atom is -0.481 e. The quantitative estimate of drug-likeness (QED) is 0.505. The summed E-state index contributed by atoms with van der Waals surface area (Å²) in [7, 11) is 0. The average molecular weight is 436 g/mol. The number of anilines is 1. The van der Waals surface area contributed by atoms with Crippen molar-refractivity contribution in [3.8, 4) is 0 Å². The van der Waals surface area contributed by atoms with Gasteiger partial charge in [-0.05, 0) is 46.5 Å². The minimum atomic E-state index is -2.05. The number of hydrogen-bond acceptors (Lipinski definition) is 4. The van der Waals surface area contributed by atoms with Gasteiger partial charge in [0.1, 0.15) is 17.1 Å². The molecule has 0 aliphatic heterocycles. The molecule has 0 heterocycles. The van der Waals surface area contributed by atoms with Gasteiger partial charge < -0.3 is 20.6 Å². The van der Waals surface area contributed by atoms with Gasteiger partial charge in [-0.25, -0.2) is 0 Å². The van der Waals surface area contributed by atoms with E-state index in [0.717, 1.165) is 0 Å². The van der Waals surface area contributed by atoms with Crippen LogP contribution in [0.1, 0.15) is 22.3 Å². The first-order valence-corrected chi connectivity index (χ1v) is 10.1. The molecule has 3 aliphatic rings. The van der Waals surface area contributed by atoms with Crippen molar-refractivity contribution < 1.29 is 24.9 Å². The van der Waals surface area contributed by atoms with E-state index in [1.165, 1.54) is 6.07 Å². The van der Waals surface area contributed by atoms with Gasteiger partial charge in [0, 0.05) is 10.7 Å². The summed E-state index contributed by atoms with van der Waals surface area (Å²) in [5, 5.41) is 37.2. The van der Waals surface area contributed by atoms with Gasteiger partial charge in [0.05, 0.1) is 5.92 Å². The summed E-state index contributed by atoms with van der Waals surface area (Å²) in [6.07, 6.45) is 0. The second kappa shape index (κ2) is 6.65. The van der Waals surface area contributed by atoms with E-state index in [9.17, 15) is 24.9 Å². The summed E-state index contributed by atoms with van der Waals surface area (Å²) < 4.78 is 0. The van der Waals surface area contributed by atoms with Crippen LogP contribution >= 0.6 is 11.6 Å². The number of aliphatic hydroxyl groups is 2. The van der Waals surface area contributed by atoms with E-state index in [0.29, 0.717) is 11.3 Å². The van der Waals surface area contributed by atoms with Crippen molar-refractivity contribution in [3.05, 3.63) is 100 Å². The molecule has 0 spiro atoms. The molecule has 7 heteroatoms. The highest BCUT2D eigenvalue weighted by Crippen LogP contribution is 2.62. The predicted molar refractivity (Wildman–Crippen MR) is 114 cm³/mol. The zero-order chi connectivity index (χ0) is 22.0. The number of carbonyl (C=O) groups is 2. The fourth-order valence-electron chi connectivity index (χ4n) is 5.16. The number of hydrogen-bond donors (Lipinski definition) is 4. The third kappa shape index (κ3) is 2.53. The van der Waals surface area contributed by atoms with E-state index in [1.54, 1.807) is 66.7 Å². The molecule has 3 aliphatic carbocycles. The maximum Gasteiger partial charge on any atom is 0.311 e. The number of aliphatic carboxylic acids is 1. The predicted octanol–water partition coefficient (Wildman–Crippen LogP) is 3.09. The normalized spacial score (nSPS) is 27.8. The Labute approximate surface area is 182 Å². The molecule has 3 aromatic carbocycles. The van der Waals surface area contributed by atoms with E-state index in [2.05, 4.69) is 5.32 Å². The number of carbonyl (C=O) groups excluding carboxylic acids is 1. The molecule has 1 amide bonds. The Kier molecular flexibility index (Phi) is 4.24. The van der Waals surface area contributed by atoms with Gasteiger partial charge >= 0.3 is 5.97 Å². The summed E-state index contributed by atoms with van der Waals surface area (Å²) in [5.41, 5.74) is -2.55. The molecule has 0 aromatic heterocycles. The summed E-state index contributed by atoms with van der Waals surface area (Å²) in [4.78, 5) is 25.9. The number of nitrogens with one attached hydrogen (secondary N) is 1. The first kappa shape index (κ1) is 19.8. The van der Waals surface area contributed by atoms with Gasteiger partial charge in [0.15, 0.2) is 0 Å². The second-order valence-electron chi connectivity index (χ2n) is 7.92. The van der Waals surface area contributed by atoms with Crippen LogP contribution < -0.4 is 5.32 Å². The van der Waals surface area contributed by atoms with Crippen LogP contribution in [0.15, 0.2) is 72.8 Å². The number of carboxylic acid groups (broad SMARTS) is 1. The molecule has 0 fully saturated rings. The third-order valence-corrected chi connectivity index (χ3v) is 6.61. The molecule has 156 valence electrons. The van der Waals surface area contributed by atoms with E-state index < -0.39 is 34.9 Å². The summed E-state index contributed by atoms with van der Waals surface area (Å²) in [6, 6.07) is 19.6. The Morgan fingerprint density at radius 1 is 0.774 bits per heavy atom. The Hall–Kier alpha value is -3.19. The zero-order valence-electron chi connectivity index (χ0n) is 16.1. The summed E-state index contributed by atoms with van der Waals surface area (Å²) in [6.45, 7) is 0. The molecule has 3 aromatic rings. The van der Waals surface area contributed by atoms with Crippen LogP contribution in [0, 0.1) is 11.8 Å². The van der Waals surface area contributed by atoms with E-state index in [4.69, 9.17) is 11.6 Å². The standard InChI is InChI=1S/C24H18ClNO5/c25-13-10-11-17-18(12-13)24(31)16-9-5-4-8-15(16)23(17,30)19(20(24)22(28)29)21(27)26-14-6-2-1-3-7-14/h1-12,19-20,30-31H,(H,26,27)(H,28,29). The number of benzene rings is 3. The third-order valence-electron chi connectivity index (χ3n) is 6.37. The monoisotopic (exact) mass is 435 g/mol. The highest BCUT2D eigenvalue weighted by molar-refractivity contribution is 6.30. The molecule has 6 rings (SSSR count). The lowest BCUT2D eigenvalue weighted by Gasteiger charge is -2.57. The summed E-state index contributed by atoms with van der Waals surface area (Å²) in [5.74, 6) is -5.22. The molecule has 4 unspecified atom stereocenters. The zero-order valence-corrected chi connectivity index (χ0v) is 16.9. The van der Waals surface area contributed by atoms with Crippen molar-refractivity contribution in [2.24, 2.45) is 11.8 Å². The first-order chi connectivity index (χ1) is 14.8. The molecule has 0 saturated carbocycles. The molecular weight excluding hydrogens is 418 g/mol. The lowest BCUT2D eigenvalue weighted by atomic mass is 9.49. The van der Waals surface area contributed by atoms with Crippen molar-refractivity contribution in [1.82, 2.24) is 0 Å². The maximum atomic E-state index is 13.4. The van der Waals surface area contributed by atoms with E-state index >= 15 is 0 Å². The van der Waals surface area contributed by atoms with Crippen LogP contribution in [0.2, 0.25) is 5.02 Å². The van der Waals surface area contributed by atoms with Gasteiger partial charge in [0.25, 0.3) is 0 Å². The topological polar surface area (TPSA) is 107 Å². The Balaban J connectivity index is 1.79. The number of carboxylic acids is 1. The molecular formula is C24H18ClNO5. The van der Waals surface area contributed by atoms with Crippen LogP contribution in [-0.4, -0.2) is 27.2 Å². The van der Waals surface area contributed by atoms with Crippen LogP contribution in [0.3, 0.4) is 0 Å². The largest absolute Gasteiger partial charge is 0.481 e. The Morgan fingerprint density at radius 2 is 1.32 bits per heavy atom. The van der Waals surface area contributed by atoms with E-state index in [-0.39, 0.29) is 21.7 Å². The lowest BCUT2D eigenvalue weighted by molar-refractivity contribution is -0.178. The van der Waals surface area contributed by atoms with Crippen LogP contribution in [-0.2, 0) is 20.8 Å². The van der Waals surface area contributed by atoms with Crippen LogP contribution in [0.25, 0.3) is 0 Å². The van der Waals surface area contributed by atoms with Gasteiger partial charge in [-0.3, -0.25) is 9.59 Å². The van der Waals surface area contributed by atoms with Crippen molar-refractivity contribution in [2.75, 3.05) is 5.32 Å². The smallest absolute Gasteiger partial charge is 0.311 e. The number of amides is 1. The summed E-state index contributed by atoms with van der Waals surface area (Å²) >= 11 is 6.16. The Bertz CT molecular complexity index is 1230. The molecule has 2 bridgehead atoms.